The van der Waals surface area contributed by atoms with Gasteiger partial charge in [-0.25, -0.2) is 4.98 Å². The van der Waals surface area contributed by atoms with E-state index in [1.165, 1.54) is 6.26 Å². The first-order chi connectivity index (χ1) is 13.0. The summed E-state index contributed by atoms with van der Waals surface area (Å²) in [7, 11) is 0. The Morgan fingerprint density at radius 1 is 1.44 bits per heavy atom. The molecule has 1 aromatic heterocycles. The van der Waals surface area contributed by atoms with Gasteiger partial charge in [-0.3, -0.25) is 14.2 Å². The summed E-state index contributed by atoms with van der Waals surface area (Å²) in [6.07, 6.45) is 10.6. The van der Waals surface area contributed by atoms with E-state index in [4.69, 9.17) is 4.74 Å². The van der Waals surface area contributed by atoms with Gasteiger partial charge in [0.15, 0.2) is 0 Å². The number of ether oxygens (including phenoxy) is 1. The first kappa shape index (κ1) is 17.5. The van der Waals surface area contributed by atoms with Crippen LogP contribution in [-0.4, -0.2) is 15.5 Å². The number of aromatic nitrogens is 2. The lowest BCUT2D eigenvalue weighted by molar-refractivity contribution is -0.142. The van der Waals surface area contributed by atoms with Crippen LogP contribution in [-0.2, 0) is 16.0 Å². The topological polar surface area (TPSA) is 61.2 Å². The van der Waals surface area contributed by atoms with Crippen molar-refractivity contribution in [2.45, 2.75) is 39.2 Å². The van der Waals surface area contributed by atoms with Crippen molar-refractivity contribution < 1.29 is 9.53 Å². The summed E-state index contributed by atoms with van der Waals surface area (Å²) in [6, 6.07) is 7.74. The molecule has 2 aliphatic rings. The van der Waals surface area contributed by atoms with Crippen molar-refractivity contribution in [2.24, 2.45) is 5.41 Å². The zero-order chi connectivity index (χ0) is 19.0. The van der Waals surface area contributed by atoms with Crippen LogP contribution in [0.2, 0.25) is 0 Å². The highest BCUT2D eigenvalue weighted by atomic mass is 16.5. The molecule has 2 unspecified atom stereocenters. The molecule has 0 amide bonds. The molecule has 1 aromatic carbocycles. The van der Waals surface area contributed by atoms with Crippen LogP contribution in [0.4, 0.5) is 0 Å². The van der Waals surface area contributed by atoms with Crippen molar-refractivity contribution in [3.63, 3.8) is 0 Å². The van der Waals surface area contributed by atoms with E-state index >= 15 is 0 Å². The van der Waals surface area contributed by atoms with Gasteiger partial charge in [-0.15, -0.1) is 0 Å². The van der Waals surface area contributed by atoms with Crippen molar-refractivity contribution in [3.05, 3.63) is 75.7 Å². The Kier molecular flexibility index (Phi) is 4.30. The Bertz CT molecular complexity index is 1020. The zero-order valence-corrected chi connectivity index (χ0v) is 15.5. The molecule has 1 saturated carbocycles. The predicted octanol–water partition coefficient (Wildman–Crippen LogP) is 3.68. The molecule has 138 valence electrons. The molecule has 5 nitrogen and oxygen atoms in total. The molecule has 1 fully saturated rings. The van der Waals surface area contributed by atoms with Crippen LogP contribution in [0.3, 0.4) is 0 Å². The fourth-order valence-electron chi connectivity index (χ4n) is 3.72. The Balaban J connectivity index is 1.53. The smallest absolute Gasteiger partial charge is 0.322 e. The SMILES string of the molecule is CCCc1cnc2n(c1=O)C1CC1(C(=O)O/C=C/c1cccc(C)c1)C=C2. The van der Waals surface area contributed by atoms with Gasteiger partial charge in [0.2, 0.25) is 0 Å². The van der Waals surface area contributed by atoms with Crippen LogP contribution in [0.25, 0.3) is 12.2 Å². The first-order valence-electron chi connectivity index (χ1n) is 9.29. The quantitative estimate of drug-likeness (QED) is 0.601. The van der Waals surface area contributed by atoms with Crippen LogP contribution >= 0.6 is 0 Å². The number of carbonyl (C=O) groups is 1. The van der Waals surface area contributed by atoms with Gasteiger partial charge in [0.25, 0.3) is 5.56 Å². The van der Waals surface area contributed by atoms with Crippen molar-refractivity contribution >= 4 is 18.1 Å². The molecule has 2 heterocycles. The Morgan fingerprint density at radius 3 is 3.07 bits per heavy atom. The van der Waals surface area contributed by atoms with E-state index in [1.54, 1.807) is 22.9 Å². The van der Waals surface area contributed by atoms with Gasteiger partial charge in [-0.1, -0.05) is 49.2 Å². The lowest BCUT2D eigenvalue weighted by atomic mass is 10.0. The van der Waals surface area contributed by atoms with Crippen molar-refractivity contribution in [1.82, 2.24) is 9.55 Å². The summed E-state index contributed by atoms with van der Waals surface area (Å²) in [5, 5.41) is 0. The van der Waals surface area contributed by atoms with E-state index < -0.39 is 5.41 Å². The standard InChI is InChI=1S/C22H22N2O3/c1-3-5-17-14-23-19-8-10-22(13-18(22)24(19)20(17)25)21(26)27-11-9-16-7-4-6-15(2)12-16/h4,6-12,14,18H,3,5,13H2,1-2H3/b11-9+. The second kappa shape index (κ2) is 6.65. The largest absolute Gasteiger partial charge is 0.434 e. The number of hydrogen-bond acceptors (Lipinski definition) is 4. The maximum absolute atomic E-state index is 12.8. The number of nitrogens with zero attached hydrogens (tertiary/aromatic N) is 2. The maximum atomic E-state index is 12.8. The van der Waals surface area contributed by atoms with E-state index in [-0.39, 0.29) is 17.6 Å². The van der Waals surface area contributed by atoms with Crippen molar-refractivity contribution in [3.8, 4) is 0 Å². The normalized spacial score (nSPS) is 22.4. The molecule has 0 saturated heterocycles. The van der Waals surface area contributed by atoms with Gasteiger partial charge >= 0.3 is 5.97 Å². The zero-order valence-electron chi connectivity index (χ0n) is 15.5. The highest BCUT2D eigenvalue weighted by molar-refractivity contribution is 5.86. The third-order valence-corrected chi connectivity index (χ3v) is 5.28. The van der Waals surface area contributed by atoms with Gasteiger partial charge in [0, 0.05) is 11.8 Å². The van der Waals surface area contributed by atoms with Crippen LogP contribution in [0, 0.1) is 12.3 Å². The van der Waals surface area contributed by atoms with E-state index in [9.17, 15) is 9.59 Å². The Hall–Kier alpha value is -2.95. The fraction of sp³-hybridized carbons (Fsp3) is 0.318. The van der Waals surface area contributed by atoms with Crippen LogP contribution in [0.1, 0.15) is 48.3 Å². The molecular formula is C22H22N2O3. The van der Waals surface area contributed by atoms with Gasteiger partial charge in [0.05, 0.1) is 12.3 Å². The minimum absolute atomic E-state index is 0.0406. The number of benzene rings is 1. The number of fused-ring (bicyclic) bond motifs is 3. The van der Waals surface area contributed by atoms with Crippen LogP contribution in [0.15, 0.2) is 47.6 Å². The molecule has 1 aliphatic heterocycles. The molecule has 0 N–H and O–H groups in total. The van der Waals surface area contributed by atoms with E-state index in [1.807, 2.05) is 44.2 Å². The maximum Gasteiger partial charge on any atom is 0.322 e. The summed E-state index contributed by atoms with van der Waals surface area (Å²) in [5.74, 6) is 0.284. The molecule has 2 atom stereocenters. The van der Waals surface area contributed by atoms with Crippen LogP contribution in [0.5, 0.6) is 0 Å². The second-order valence-corrected chi connectivity index (χ2v) is 7.28. The van der Waals surface area contributed by atoms with Gasteiger partial charge in [0.1, 0.15) is 11.2 Å². The molecule has 27 heavy (non-hydrogen) atoms. The highest BCUT2D eigenvalue weighted by Crippen LogP contribution is 2.60. The lowest BCUT2D eigenvalue weighted by Crippen LogP contribution is -2.31. The summed E-state index contributed by atoms with van der Waals surface area (Å²) >= 11 is 0. The summed E-state index contributed by atoms with van der Waals surface area (Å²) in [4.78, 5) is 29.8. The summed E-state index contributed by atoms with van der Waals surface area (Å²) in [5.41, 5.74) is 2.03. The number of rotatable bonds is 5. The number of hydrogen-bond donors (Lipinski definition) is 0. The van der Waals surface area contributed by atoms with E-state index in [0.29, 0.717) is 24.2 Å². The van der Waals surface area contributed by atoms with Gasteiger partial charge < -0.3 is 4.74 Å². The molecule has 0 bridgehead atoms. The first-order valence-corrected chi connectivity index (χ1v) is 9.29. The average Bonchev–Trinajstić information content (AvgIpc) is 3.40. The molecule has 0 radical (unpaired) electrons. The van der Waals surface area contributed by atoms with Crippen LogP contribution < -0.4 is 5.56 Å². The second-order valence-electron chi connectivity index (χ2n) is 7.28. The molecule has 5 heteroatoms. The molecule has 0 spiro atoms. The summed E-state index contributed by atoms with van der Waals surface area (Å²) in [6.45, 7) is 4.04. The number of esters is 1. The Morgan fingerprint density at radius 2 is 2.30 bits per heavy atom. The van der Waals surface area contributed by atoms with Crippen molar-refractivity contribution in [2.75, 3.05) is 0 Å². The monoisotopic (exact) mass is 362 g/mol. The van der Waals surface area contributed by atoms with Gasteiger partial charge in [-0.05, 0) is 37.5 Å². The van der Waals surface area contributed by atoms with Gasteiger partial charge in [-0.2, -0.15) is 0 Å². The summed E-state index contributed by atoms with van der Waals surface area (Å²) < 4.78 is 7.06. The fourth-order valence-corrected chi connectivity index (χ4v) is 3.72. The molecule has 2 aromatic rings. The molecule has 4 rings (SSSR count). The van der Waals surface area contributed by atoms with E-state index in [2.05, 4.69) is 4.98 Å². The molecular weight excluding hydrogens is 340 g/mol. The Labute approximate surface area is 158 Å². The highest BCUT2D eigenvalue weighted by Gasteiger charge is 2.63. The average molecular weight is 362 g/mol. The molecule has 1 aliphatic carbocycles. The van der Waals surface area contributed by atoms with Crippen molar-refractivity contribution in [1.29, 1.82) is 0 Å². The minimum atomic E-state index is -0.750. The predicted molar refractivity (Wildman–Crippen MR) is 104 cm³/mol. The third-order valence-electron chi connectivity index (χ3n) is 5.28. The lowest BCUT2D eigenvalue weighted by Gasteiger charge is -2.19. The number of carbonyl (C=O) groups excluding carboxylic acids is 1. The van der Waals surface area contributed by atoms with E-state index in [0.717, 1.165) is 17.5 Å². The number of aryl methyl sites for hydroxylation is 2. The third kappa shape index (κ3) is 3.03. The minimum Gasteiger partial charge on any atom is -0.434 e.